The van der Waals surface area contributed by atoms with Gasteiger partial charge in [0.1, 0.15) is 5.41 Å². The van der Waals surface area contributed by atoms with Crippen molar-refractivity contribution in [3.8, 4) is 0 Å². The van der Waals surface area contributed by atoms with Crippen molar-refractivity contribution in [2.45, 2.75) is 32.8 Å². The second kappa shape index (κ2) is 6.70. The van der Waals surface area contributed by atoms with Gasteiger partial charge in [-0.2, -0.15) is 0 Å². The lowest BCUT2D eigenvalue weighted by Crippen LogP contribution is -2.40. The van der Waals surface area contributed by atoms with Crippen molar-refractivity contribution in [1.82, 2.24) is 0 Å². The van der Waals surface area contributed by atoms with Gasteiger partial charge in [-0.05, 0) is 20.3 Å². The summed E-state index contributed by atoms with van der Waals surface area (Å²) in [7, 11) is 0. The molecule has 1 rings (SSSR count). The van der Waals surface area contributed by atoms with Crippen LogP contribution in [0.25, 0.3) is 0 Å². The average molecular weight is 259 g/mol. The lowest BCUT2D eigenvalue weighted by molar-refractivity contribution is -0.154. The molecule has 0 aliphatic carbocycles. The van der Waals surface area contributed by atoms with Gasteiger partial charge in [0, 0.05) is 6.54 Å². The highest BCUT2D eigenvalue weighted by Gasteiger charge is 2.47. The molecule has 6 heteroatoms. The van der Waals surface area contributed by atoms with E-state index < -0.39 is 5.41 Å². The third-order valence-corrected chi connectivity index (χ3v) is 3.01. The first-order valence-electron chi connectivity index (χ1n) is 6.22. The molecular weight excluding hydrogens is 238 g/mol. The Hall–Kier alpha value is -1.14. The minimum absolute atomic E-state index is 0.148. The third kappa shape index (κ3) is 3.43. The van der Waals surface area contributed by atoms with Gasteiger partial charge < -0.3 is 19.9 Å². The molecule has 0 saturated carbocycles. The fraction of sp³-hybridized carbons (Fsp3) is 0.833. The van der Waals surface area contributed by atoms with Crippen LogP contribution in [0.5, 0.6) is 0 Å². The molecule has 0 aromatic heterocycles. The average Bonchev–Trinajstić information content (AvgIpc) is 2.74. The van der Waals surface area contributed by atoms with Crippen LogP contribution in [0.15, 0.2) is 0 Å². The quantitative estimate of drug-likeness (QED) is 0.687. The van der Waals surface area contributed by atoms with Crippen LogP contribution >= 0.6 is 0 Å². The van der Waals surface area contributed by atoms with Crippen LogP contribution in [0.3, 0.4) is 0 Å². The molecule has 0 aromatic carbocycles. The van der Waals surface area contributed by atoms with Crippen molar-refractivity contribution in [2.24, 2.45) is 11.1 Å². The molecule has 0 spiro atoms. The number of rotatable bonds is 6. The monoisotopic (exact) mass is 259 g/mol. The second-order valence-electron chi connectivity index (χ2n) is 4.35. The highest BCUT2D eigenvalue weighted by Crippen LogP contribution is 2.34. The molecule has 1 saturated heterocycles. The van der Waals surface area contributed by atoms with Crippen LogP contribution in [-0.2, 0) is 23.8 Å². The van der Waals surface area contributed by atoms with Crippen LogP contribution in [0.2, 0.25) is 0 Å². The molecule has 1 aliphatic rings. The topological polar surface area (TPSA) is 87.9 Å². The van der Waals surface area contributed by atoms with Crippen molar-refractivity contribution in [3.05, 3.63) is 0 Å². The summed E-state index contributed by atoms with van der Waals surface area (Å²) in [5, 5.41) is 0. The Bertz CT molecular complexity index is 307. The van der Waals surface area contributed by atoms with Crippen molar-refractivity contribution in [3.63, 3.8) is 0 Å². The molecule has 0 amide bonds. The van der Waals surface area contributed by atoms with E-state index in [0.29, 0.717) is 19.6 Å². The van der Waals surface area contributed by atoms with Crippen LogP contribution in [-0.4, -0.2) is 44.4 Å². The molecule has 1 aliphatic heterocycles. The molecule has 6 nitrogen and oxygen atoms in total. The minimum atomic E-state index is -0.812. The maximum atomic E-state index is 11.9. The van der Waals surface area contributed by atoms with E-state index in [4.69, 9.17) is 19.9 Å². The molecule has 0 aromatic rings. The number of nitrogens with two attached hydrogens (primary N) is 1. The van der Waals surface area contributed by atoms with E-state index in [0.717, 1.165) is 0 Å². The molecule has 104 valence electrons. The zero-order chi connectivity index (χ0) is 13.6. The fourth-order valence-electron chi connectivity index (χ4n) is 2.02. The molecule has 2 N–H and O–H groups in total. The smallest absolute Gasteiger partial charge is 0.315 e. The highest BCUT2D eigenvalue weighted by molar-refractivity contribution is 5.78. The van der Waals surface area contributed by atoms with Gasteiger partial charge in [-0.1, -0.05) is 0 Å². The SMILES string of the molecule is CCOC(=O)C[C@H]1C[C@@](CN)(C(=O)OCC)CO1. The molecule has 1 heterocycles. The van der Waals surface area contributed by atoms with Crippen LogP contribution in [0, 0.1) is 5.41 Å². The summed E-state index contributed by atoms with van der Waals surface area (Å²) in [6.07, 6.45) is 0.230. The van der Waals surface area contributed by atoms with Gasteiger partial charge in [0.05, 0.1) is 32.3 Å². The molecule has 0 bridgehead atoms. The molecule has 2 atom stereocenters. The lowest BCUT2D eigenvalue weighted by Gasteiger charge is -2.22. The summed E-state index contributed by atoms with van der Waals surface area (Å²) in [6.45, 7) is 4.50. The summed E-state index contributed by atoms with van der Waals surface area (Å²) in [4.78, 5) is 23.2. The Morgan fingerprint density at radius 2 is 2.00 bits per heavy atom. The Balaban J connectivity index is 2.56. The number of esters is 2. The van der Waals surface area contributed by atoms with Crippen LogP contribution in [0.4, 0.5) is 0 Å². The summed E-state index contributed by atoms with van der Waals surface area (Å²) >= 11 is 0. The zero-order valence-electron chi connectivity index (χ0n) is 10.9. The van der Waals surface area contributed by atoms with Crippen molar-refractivity contribution >= 4 is 11.9 Å². The van der Waals surface area contributed by atoms with Gasteiger partial charge >= 0.3 is 11.9 Å². The van der Waals surface area contributed by atoms with E-state index in [1.54, 1.807) is 13.8 Å². The Morgan fingerprint density at radius 1 is 1.33 bits per heavy atom. The second-order valence-corrected chi connectivity index (χ2v) is 4.35. The normalized spacial score (nSPS) is 26.9. The van der Waals surface area contributed by atoms with Crippen molar-refractivity contribution in [1.29, 1.82) is 0 Å². The number of hydrogen-bond acceptors (Lipinski definition) is 6. The van der Waals surface area contributed by atoms with Gasteiger partial charge in [0.2, 0.25) is 0 Å². The van der Waals surface area contributed by atoms with E-state index in [1.165, 1.54) is 0 Å². The zero-order valence-corrected chi connectivity index (χ0v) is 10.9. The number of carbonyl (C=O) groups is 2. The fourth-order valence-corrected chi connectivity index (χ4v) is 2.02. The standard InChI is InChI=1S/C12H21NO5/c1-3-16-10(14)5-9-6-12(7-13,8-18-9)11(15)17-4-2/h9H,3-8,13H2,1-2H3/t9-,12-/m0/s1. The van der Waals surface area contributed by atoms with Gasteiger partial charge in [0.25, 0.3) is 0 Å². The van der Waals surface area contributed by atoms with Crippen LogP contribution in [0.1, 0.15) is 26.7 Å². The molecule has 1 fully saturated rings. The maximum absolute atomic E-state index is 11.9. The Labute approximate surface area is 107 Å². The first-order valence-corrected chi connectivity index (χ1v) is 6.22. The summed E-state index contributed by atoms with van der Waals surface area (Å²) in [5.41, 5.74) is 4.84. The Morgan fingerprint density at radius 3 is 2.56 bits per heavy atom. The van der Waals surface area contributed by atoms with E-state index in [-0.39, 0.29) is 37.6 Å². The van der Waals surface area contributed by atoms with E-state index in [2.05, 4.69) is 0 Å². The summed E-state index contributed by atoms with van der Waals surface area (Å²) in [5.74, 6) is -0.668. The predicted molar refractivity (Wildman–Crippen MR) is 63.7 cm³/mol. The molecular formula is C12H21NO5. The van der Waals surface area contributed by atoms with E-state index in [1.807, 2.05) is 0 Å². The van der Waals surface area contributed by atoms with Crippen LogP contribution < -0.4 is 5.73 Å². The van der Waals surface area contributed by atoms with Crippen molar-refractivity contribution < 1.29 is 23.8 Å². The number of hydrogen-bond donors (Lipinski definition) is 1. The first-order chi connectivity index (χ1) is 8.57. The maximum Gasteiger partial charge on any atom is 0.315 e. The largest absolute Gasteiger partial charge is 0.466 e. The van der Waals surface area contributed by atoms with Gasteiger partial charge in [-0.15, -0.1) is 0 Å². The van der Waals surface area contributed by atoms with Gasteiger partial charge in [-0.25, -0.2) is 0 Å². The molecule has 18 heavy (non-hydrogen) atoms. The first kappa shape index (κ1) is 14.9. The highest BCUT2D eigenvalue weighted by atomic mass is 16.5. The lowest BCUT2D eigenvalue weighted by atomic mass is 9.85. The Kier molecular flexibility index (Phi) is 5.55. The number of carbonyl (C=O) groups excluding carboxylic acids is 2. The third-order valence-electron chi connectivity index (χ3n) is 3.01. The summed E-state index contributed by atoms with van der Waals surface area (Å²) in [6, 6.07) is 0. The van der Waals surface area contributed by atoms with E-state index in [9.17, 15) is 9.59 Å². The number of ether oxygens (including phenoxy) is 3. The van der Waals surface area contributed by atoms with E-state index >= 15 is 0 Å². The molecule has 0 radical (unpaired) electrons. The van der Waals surface area contributed by atoms with Gasteiger partial charge in [-0.3, -0.25) is 9.59 Å². The summed E-state index contributed by atoms with van der Waals surface area (Å²) < 4.78 is 15.3. The predicted octanol–water partition coefficient (Wildman–Crippen LogP) is 0.237. The minimum Gasteiger partial charge on any atom is -0.466 e. The van der Waals surface area contributed by atoms with Gasteiger partial charge in [0.15, 0.2) is 0 Å². The molecule has 0 unspecified atom stereocenters. The van der Waals surface area contributed by atoms with Crippen molar-refractivity contribution in [2.75, 3.05) is 26.4 Å².